The Morgan fingerprint density at radius 2 is 2.06 bits per heavy atom. The Morgan fingerprint density at radius 1 is 1.26 bits per heavy atom. The number of benzene rings is 1. The summed E-state index contributed by atoms with van der Waals surface area (Å²) in [6.07, 6.45) is 0.344. The molecule has 3 N–H and O–H groups in total. The van der Waals surface area contributed by atoms with Gasteiger partial charge in [-0.1, -0.05) is 28.6 Å². The first-order chi connectivity index (χ1) is 16.9. The number of carbonyl (C=O) groups is 1. The topological polar surface area (TPSA) is 161 Å². The summed E-state index contributed by atoms with van der Waals surface area (Å²) in [4.78, 5) is 27.9. The molecule has 0 saturated carbocycles. The smallest absolute Gasteiger partial charge is 0.280 e. The Bertz CT molecular complexity index is 1320. The monoisotopic (exact) mass is 521 g/mol. The maximum absolute atomic E-state index is 13.2. The molecule has 1 aliphatic heterocycles. The molecule has 186 valence electrons. The van der Waals surface area contributed by atoms with Gasteiger partial charge in [0, 0.05) is 24.6 Å². The second kappa shape index (κ2) is 11.0. The van der Waals surface area contributed by atoms with Crippen molar-refractivity contribution in [2.45, 2.75) is 17.4 Å². The number of sulfonamides is 1. The summed E-state index contributed by atoms with van der Waals surface area (Å²) in [6.45, 7) is 0.457. The summed E-state index contributed by atoms with van der Waals surface area (Å²) in [6, 6.07) is 8.98. The molecule has 35 heavy (non-hydrogen) atoms. The number of aliphatic hydroxyl groups is 1. The van der Waals surface area contributed by atoms with E-state index in [0.717, 1.165) is 0 Å². The molecule has 3 aromatic rings. The normalized spacial score (nSPS) is 16.4. The van der Waals surface area contributed by atoms with Gasteiger partial charge in [-0.15, -0.1) is 0 Å². The first-order valence-electron chi connectivity index (χ1n) is 10.5. The number of carbonyl (C=O) groups excluding carboxylic acids is 1. The van der Waals surface area contributed by atoms with Crippen LogP contribution in [0, 0.1) is 0 Å². The Balaban J connectivity index is 1.58. The van der Waals surface area contributed by atoms with E-state index in [1.165, 1.54) is 42.7 Å². The maximum Gasteiger partial charge on any atom is 0.280 e. The van der Waals surface area contributed by atoms with Crippen LogP contribution in [0.25, 0.3) is 10.3 Å². The largest absolute Gasteiger partial charge is 0.481 e. The molecule has 0 spiro atoms. The molecule has 1 aliphatic rings. The third-order valence-electron chi connectivity index (χ3n) is 4.90. The number of aromatic nitrogens is 2. The number of oxime groups is 1. The van der Waals surface area contributed by atoms with Crippen LogP contribution >= 0.6 is 11.3 Å². The molecule has 1 fully saturated rings. The number of thiazole rings is 1. The van der Waals surface area contributed by atoms with Gasteiger partial charge in [-0.05, 0) is 18.2 Å². The average Bonchev–Trinajstić information content (AvgIpc) is 3.52. The number of rotatable bonds is 10. The molecule has 12 nitrogen and oxygen atoms in total. The van der Waals surface area contributed by atoms with E-state index in [2.05, 4.69) is 25.2 Å². The molecule has 1 saturated heterocycles. The molecule has 0 aliphatic carbocycles. The number of amides is 1. The van der Waals surface area contributed by atoms with Gasteiger partial charge in [0.05, 0.1) is 31.8 Å². The van der Waals surface area contributed by atoms with Gasteiger partial charge in [-0.3, -0.25) is 10.1 Å². The third kappa shape index (κ3) is 6.10. The molecule has 0 bridgehead atoms. The molecule has 4 rings (SSSR count). The lowest BCUT2D eigenvalue weighted by Crippen LogP contribution is -2.27. The number of nitrogens with zero attached hydrogens (tertiary/aromatic N) is 3. The van der Waals surface area contributed by atoms with Crippen LogP contribution in [0.4, 0.5) is 5.13 Å². The van der Waals surface area contributed by atoms with Gasteiger partial charge in [0.25, 0.3) is 5.91 Å². The van der Waals surface area contributed by atoms with Gasteiger partial charge in [-0.25, -0.2) is 23.1 Å². The molecule has 2 aromatic heterocycles. The second-order valence-electron chi connectivity index (χ2n) is 7.33. The van der Waals surface area contributed by atoms with Crippen molar-refractivity contribution in [2.75, 3.05) is 38.8 Å². The van der Waals surface area contributed by atoms with E-state index in [1.807, 2.05) is 0 Å². The number of aliphatic hydroxyl groups excluding tert-OH is 1. The van der Waals surface area contributed by atoms with Crippen molar-refractivity contribution >= 4 is 48.5 Å². The van der Waals surface area contributed by atoms with Gasteiger partial charge in [0.15, 0.2) is 16.9 Å². The first kappa shape index (κ1) is 24.9. The van der Waals surface area contributed by atoms with Gasteiger partial charge in [0.1, 0.15) is 10.3 Å². The van der Waals surface area contributed by atoms with Gasteiger partial charge < -0.3 is 19.4 Å². The molecule has 14 heteroatoms. The van der Waals surface area contributed by atoms with E-state index in [0.29, 0.717) is 46.6 Å². The van der Waals surface area contributed by atoms with Crippen molar-refractivity contribution in [1.29, 1.82) is 0 Å². The lowest BCUT2D eigenvalue weighted by molar-refractivity contribution is -0.110. The predicted molar refractivity (Wildman–Crippen MR) is 128 cm³/mol. The van der Waals surface area contributed by atoms with E-state index in [9.17, 15) is 13.2 Å². The molecule has 0 unspecified atom stereocenters. The highest BCUT2D eigenvalue weighted by molar-refractivity contribution is 7.89. The van der Waals surface area contributed by atoms with Crippen LogP contribution in [0.1, 0.15) is 12.0 Å². The number of pyridine rings is 1. The summed E-state index contributed by atoms with van der Waals surface area (Å²) in [5.74, 6) is -0.166. The van der Waals surface area contributed by atoms with Crippen molar-refractivity contribution in [1.82, 2.24) is 14.7 Å². The number of anilines is 1. The SMILES string of the molecule is COc1ccc2nc(NC(=O)C(=NO[C@@H]3CCOC3)c3ccc(S(=O)(=O)NCCO)cc3)sc2n1. The highest BCUT2D eigenvalue weighted by Gasteiger charge is 2.22. The zero-order valence-electron chi connectivity index (χ0n) is 18.6. The minimum atomic E-state index is -3.80. The number of methoxy groups -OCH3 is 1. The average molecular weight is 522 g/mol. The standard InChI is InChI=1S/C21H23N5O7S2/c1-31-17-7-6-16-20(24-17)34-21(23-16)25-19(28)18(26-33-14-8-11-32-12-14)13-2-4-15(5-3-13)35(29,30)22-9-10-27/h2-7,14,22,27H,8-12H2,1H3,(H,23,25,28)/t14-/m1/s1. The van der Waals surface area contributed by atoms with Crippen LogP contribution in [0.2, 0.25) is 0 Å². The minimum Gasteiger partial charge on any atom is -0.481 e. The fourth-order valence-electron chi connectivity index (χ4n) is 3.13. The summed E-state index contributed by atoms with van der Waals surface area (Å²) in [7, 11) is -2.29. The molecule has 3 heterocycles. The first-order valence-corrected chi connectivity index (χ1v) is 12.8. The van der Waals surface area contributed by atoms with E-state index < -0.39 is 15.9 Å². The van der Waals surface area contributed by atoms with Crippen LogP contribution in [-0.4, -0.2) is 74.7 Å². The van der Waals surface area contributed by atoms with Crippen LogP contribution in [0.3, 0.4) is 0 Å². The Kier molecular flexibility index (Phi) is 7.87. The lowest BCUT2D eigenvalue weighted by atomic mass is 10.1. The highest BCUT2D eigenvalue weighted by Crippen LogP contribution is 2.26. The van der Waals surface area contributed by atoms with Crippen molar-refractivity contribution in [2.24, 2.45) is 5.16 Å². The molecule has 1 amide bonds. The van der Waals surface area contributed by atoms with Crippen molar-refractivity contribution in [3.63, 3.8) is 0 Å². The quantitative estimate of drug-likeness (QED) is 0.262. The molecular formula is C21H23N5O7S2. The Hall–Kier alpha value is -3.17. The van der Waals surface area contributed by atoms with E-state index in [4.69, 9.17) is 19.4 Å². The number of ether oxygens (including phenoxy) is 2. The van der Waals surface area contributed by atoms with Crippen LogP contribution in [0.5, 0.6) is 5.88 Å². The molecular weight excluding hydrogens is 498 g/mol. The zero-order chi connectivity index (χ0) is 24.8. The van der Waals surface area contributed by atoms with Crippen LogP contribution in [0.15, 0.2) is 46.4 Å². The maximum atomic E-state index is 13.2. The van der Waals surface area contributed by atoms with Gasteiger partial charge in [-0.2, -0.15) is 0 Å². The summed E-state index contributed by atoms with van der Waals surface area (Å²) < 4.78 is 37.2. The molecule has 1 aromatic carbocycles. The van der Waals surface area contributed by atoms with E-state index >= 15 is 0 Å². The lowest BCUT2D eigenvalue weighted by Gasteiger charge is -2.10. The Morgan fingerprint density at radius 3 is 2.74 bits per heavy atom. The highest BCUT2D eigenvalue weighted by atomic mass is 32.2. The van der Waals surface area contributed by atoms with E-state index in [-0.39, 0.29) is 29.9 Å². The molecule has 0 radical (unpaired) electrons. The van der Waals surface area contributed by atoms with Gasteiger partial charge >= 0.3 is 0 Å². The third-order valence-corrected chi connectivity index (χ3v) is 7.25. The summed E-state index contributed by atoms with van der Waals surface area (Å²) in [5.41, 5.74) is 0.867. The fourth-order valence-corrected chi connectivity index (χ4v) is 4.97. The number of hydrogen-bond acceptors (Lipinski definition) is 11. The van der Waals surface area contributed by atoms with E-state index in [1.54, 1.807) is 12.1 Å². The van der Waals surface area contributed by atoms with Crippen LogP contribution in [-0.2, 0) is 24.4 Å². The minimum absolute atomic E-state index is 0.0224. The van der Waals surface area contributed by atoms with Crippen molar-refractivity contribution < 1.29 is 32.6 Å². The Labute approximate surface area is 205 Å². The van der Waals surface area contributed by atoms with Gasteiger partial charge in [0.2, 0.25) is 15.9 Å². The number of fused-ring (bicyclic) bond motifs is 1. The summed E-state index contributed by atoms with van der Waals surface area (Å²) >= 11 is 1.17. The molecule has 1 atom stereocenters. The predicted octanol–water partition coefficient (Wildman–Crippen LogP) is 1.12. The van der Waals surface area contributed by atoms with Crippen molar-refractivity contribution in [3.8, 4) is 5.88 Å². The van der Waals surface area contributed by atoms with Crippen molar-refractivity contribution in [3.05, 3.63) is 42.0 Å². The number of nitrogens with one attached hydrogen (secondary N) is 2. The van der Waals surface area contributed by atoms with Crippen LogP contribution < -0.4 is 14.8 Å². The second-order valence-corrected chi connectivity index (χ2v) is 10.1. The zero-order valence-corrected chi connectivity index (χ0v) is 20.3. The number of hydrogen-bond donors (Lipinski definition) is 3. The summed E-state index contributed by atoms with van der Waals surface area (Å²) in [5, 5.41) is 15.9. The fraction of sp³-hybridized carbons (Fsp3) is 0.333.